The summed E-state index contributed by atoms with van der Waals surface area (Å²) in [6.07, 6.45) is 1.48. The average Bonchev–Trinajstić information content (AvgIpc) is 2.39. The number of Topliss-reactive ketones (excluding diaryl/α,β-unsaturated/α-hetero) is 1. The Kier molecular flexibility index (Phi) is 2.35. The molecule has 4 nitrogen and oxygen atoms in total. The highest BCUT2D eigenvalue weighted by atomic mass is 32.2. The Morgan fingerprint density at radius 2 is 2.06 bits per heavy atom. The van der Waals surface area contributed by atoms with E-state index in [1.54, 1.807) is 0 Å². The van der Waals surface area contributed by atoms with Gasteiger partial charge < -0.3 is 0 Å². The van der Waals surface area contributed by atoms with Crippen LogP contribution < -0.4 is 0 Å². The van der Waals surface area contributed by atoms with Gasteiger partial charge in [-0.05, 0) is 30.0 Å². The summed E-state index contributed by atoms with van der Waals surface area (Å²) < 4.78 is 31.3. The fourth-order valence-corrected chi connectivity index (χ4v) is 5.30. The molecule has 0 amide bonds. The highest BCUT2D eigenvalue weighted by molar-refractivity contribution is 7.85. The molecular formula is C10H17BO4S. The van der Waals surface area contributed by atoms with Gasteiger partial charge in [0, 0.05) is 0 Å². The van der Waals surface area contributed by atoms with Crippen LogP contribution in [0.25, 0.3) is 0 Å². The molecule has 6 heteroatoms. The Hall–Kier alpha value is -0.355. The molecule has 90 valence electrons. The minimum absolute atomic E-state index is 0.0198. The van der Waals surface area contributed by atoms with Crippen LogP contribution in [0.15, 0.2) is 0 Å². The molecule has 0 aliphatic heterocycles. The number of carbonyl (C=O) groups is 1. The largest absolute Gasteiger partial charge is 0.300 e. The lowest BCUT2D eigenvalue weighted by atomic mass is 9.70. The van der Waals surface area contributed by atoms with E-state index in [1.807, 2.05) is 21.7 Å². The zero-order valence-electron chi connectivity index (χ0n) is 9.86. The van der Waals surface area contributed by atoms with Crippen molar-refractivity contribution in [3.8, 4) is 0 Å². The van der Waals surface area contributed by atoms with Crippen LogP contribution >= 0.6 is 0 Å². The van der Waals surface area contributed by atoms with E-state index in [0.29, 0.717) is 6.42 Å². The van der Waals surface area contributed by atoms with Gasteiger partial charge in [0.15, 0.2) is 0 Å². The van der Waals surface area contributed by atoms with Gasteiger partial charge in [-0.25, -0.2) is 0 Å². The van der Waals surface area contributed by atoms with Crippen molar-refractivity contribution in [2.75, 3.05) is 5.75 Å². The van der Waals surface area contributed by atoms with Gasteiger partial charge in [-0.2, -0.15) is 8.42 Å². The summed E-state index contributed by atoms with van der Waals surface area (Å²) >= 11 is 0. The van der Waals surface area contributed by atoms with Gasteiger partial charge in [0.1, 0.15) is 13.6 Å². The summed E-state index contributed by atoms with van der Waals surface area (Å²) in [5.41, 5.74) is -1.18. The summed E-state index contributed by atoms with van der Waals surface area (Å²) in [7, 11) is -2.22. The average molecular weight is 244 g/mol. The number of hydrogen-bond acceptors (Lipinski definition) is 3. The molecule has 0 unspecified atom stereocenters. The molecule has 2 bridgehead atoms. The molecule has 0 aromatic heterocycles. The fraction of sp³-hybridized carbons (Fsp3) is 0.900. The minimum Gasteiger partial charge on any atom is -0.300 e. The Balaban J connectivity index is 2.50. The predicted molar refractivity (Wildman–Crippen MR) is 62.7 cm³/mol. The Morgan fingerprint density at radius 1 is 1.50 bits per heavy atom. The molecule has 16 heavy (non-hydrogen) atoms. The molecule has 0 aromatic rings. The smallest absolute Gasteiger partial charge is 0.265 e. The van der Waals surface area contributed by atoms with Crippen molar-refractivity contribution >= 4 is 23.7 Å². The third-order valence-corrected chi connectivity index (χ3v) is 5.82. The molecule has 2 aliphatic carbocycles. The highest BCUT2D eigenvalue weighted by Gasteiger charge is 2.68. The van der Waals surface area contributed by atoms with E-state index >= 15 is 0 Å². The van der Waals surface area contributed by atoms with Gasteiger partial charge >= 0.3 is 0 Å². The predicted octanol–water partition coefficient (Wildman–Crippen LogP) is 0.301. The van der Waals surface area contributed by atoms with Gasteiger partial charge in [-0.1, -0.05) is 13.8 Å². The number of carbonyl (C=O) groups excluding carboxylic acids is 1. The van der Waals surface area contributed by atoms with E-state index in [1.165, 1.54) is 0 Å². The quantitative estimate of drug-likeness (QED) is 0.560. The lowest BCUT2D eigenvalue weighted by Gasteiger charge is -2.35. The molecule has 2 fully saturated rings. The zero-order valence-corrected chi connectivity index (χ0v) is 10.7. The highest BCUT2D eigenvalue weighted by Crippen LogP contribution is 2.67. The first-order valence-electron chi connectivity index (χ1n) is 5.61. The minimum atomic E-state index is -4.10. The zero-order chi connectivity index (χ0) is 12.4. The maximum Gasteiger partial charge on any atom is 0.265 e. The van der Waals surface area contributed by atoms with E-state index in [9.17, 15) is 13.2 Å². The number of ketones is 1. The molecule has 2 saturated carbocycles. The van der Waals surface area contributed by atoms with Gasteiger partial charge in [0.05, 0.1) is 11.2 Å². The van der Waals surface area contributed by atoms with Crippen molar-refractivity contribution in [1.29, 1.82) is 0 Å². The SMILES string of the molecule is B[C@@H]1C(=O)[C@]2(CS(=O)(=O)O)CC[C@H]1C2(C)C. The first-order valence-corrected chi connectivity index (χ1v) is 7.22. The van der Waals surface area contributed by atoms with Crippen molar-refractivity contribution < 1.29 is 17.8 Å². The number of hydrogen-bond donors (Lipinski definition) is 1. The summed E-state index contributed by atoms with van der Waals surface area (Å²) in [4.78, 5) is 12.2. The lowest BCUT2D eigenvalue weighted by Crippen LogP contribution is -2.42. The van der Waals surface area contributed by atoms with E-state index in [2.05, 4.69) is 0 Å². The molecule has 2 aliphatic rings. The molecule has 1 N–H and O–H groups in total. The molecule has 3 atom stereocenters. The monoisotopic (exact) mass is 244 g/mol. The van der Waals surface area contributed by atoms with Crippen LogP contribution in [-0.2, 0) is 14.9 Å². The van der Waals surface area contributed by atoms with Crippen LogP contribution in [0.4, 0.5) is 0 Å². The van der Waals surface area contributed by atoms with Crippen molar-refractivity contribution in [2.45, 2.75) is 32.5 Å². The van der Waals surface area contributed by atoms with E-state index in [4.69, 9.17) is 4.55 Å². The lowest BCUT2D eigenvalue weighted by molar-refractivity contribution is -0.128. The number of fused-ring (bicyclic) bond motifs is 2. The second-order valence-electron chi connectivity index (χ2n) is 5.83. The normalized spacial score (nSPS) is 41.6. The van der Waals surface area contributed by atoms with Crippen molar-refractivity contribution in [3.05, 3.63) is 0 Å². The first kappa shape index (κ1) is 12.1. The maximum atomic E-state index is 12.2. The molecule has 2 rings (SSSR count). The molecular weight excluding hydrogens is 227 g/mol. The van der Waals surface area contributed by atoms with Gasteiger partial charge in [-0.15, -0.1) is 0 Å². The summed E-state index contributed by atoms with van der Waals surface area (Å²) in [5, 5.41) is 0. The van der Waals surface area contributed by atoms with Crippen molar-refractivity contribution in [2.24, 2.45) is 16.7 Å². The Bertz CT molecular complexity index is 442. The van der Waals surface area contributed by atoms with Gasteiger partial charge in [0.25, 0.3) is 10.1 Å². The second-order valence-corrected chi connectivity index (χ2v) is 7.28. The second kappa shape index (κ2) is 3.10. The van der Waals surface area contributed by atoms with Crippen molar-refractivity contribution in [1.82, 2.24) is 0 Å². The fourth-order valence-electron chi connectivity index (χ4n) is 4.01. The Morgan fingerprint density at radius 3 is 2.44 bits per heavy atom. The molecule has 0 radical (unpaired) electrons. The van der Waals surface area contributed by atoms with Crippen LogP contribution in [0.2, 0.25) is 5.82 Å². The third kappa shape index (κ3) is 1.32. The summed E-state index contributed by atoms with van der Waals surface area (Å²) in [5.74, 6) is -0.217. The van der Waals surface area contributed by atoms with Crippen LogP contribution in [0, 0.1) is 16.7 Å². The van der Waals surface area contributed by atoms with Crippen LogP contribution in [-0.4, -0.2) is 32.4 Å². The van der Waals surface area contributed by atoms with Crippen LogP contribution in [0.5, 0.6) is 0 Å². The Labute approximate surface area is 97.0 Å². The topological polar surface area (TPSA) is 71.4 Å². The van der Waals surface area contributed by atoms with Gasteiger partial charge in [-0.3, -0.25) is 9.35 Å². The molecule has 0 heterocycles. The van der Waals surface area contributed by atoms with Gasteiger partial charge in [0.2, 0.25) is 0 Å². The van der Waals surface area contributed by atoms with Crippen LogP contribution in [0.1, 0.15) is 26.7 Å². The van der Waals surface area contributed by atoms with E-state index in [0.717, 1.165) is 6.42 Å². The number of rotatable bonds is 2. The molecule has 0 spiro atoms. The first-order chi connectivity index (χ1) is 7.12. The third-order valence-electron chi connectivity index (χ3n) is 4.96. The standard InChI is InChI=1S/C10H17BO4S/c1-9(2)6-3-4-10(9,5-16(13,14)15)8(12)7(6)11/h6-7H,3-5,11H2,1-2H3,(H,13,14,15)/t6-,7+,10-/m1/s1. The summed E-state index contributed by atoms with van der Waals surface area (Å²) in [6.45, 7) is 3.91. The van der Waals surface area contributed by atoms with Crippen molar-refractivity contribution in [3.63, 3.8) is 0 Å². The maximum absolute atomic E-state index is 12.2. The molecule has 0 aromatic carbocycles. The van der Waals surface area contributed by atoms with E-state index < -0.39 is 21.3 Å². The molecule has 0 saturated heterocycles. The summed E-state index contributed by atoms with van der Waals surface area (Å²) in [6, 6.07) is 0. The van der Waals surface area contributed by atoms with Crippen LogP contribution in [0.3, 0.4) is 0 Å². The van der Waals surface area contributed by atoms with E-state index in [-0.39, 0.29) is 22.9 Å².